The Morgan fingerprint density at radius 2 is 1.33 bits per heavy atom. The Hall–Kier alpha value is -1.56. The molecule has 0 heterocycles. The average Bonchev–Trinajstić information content (AvgIpc) is 2.55. The van der Waals surface area contributed by atoms with Crippen LogP contribution in [0.25, 0.3) is 11.1 Å². The van der Waals surface area contributed by atoms with Crippen LogP contribution in [0, 0.1) is 12.8 Å². The van der Waals surface area contributed by atoms with Gasteiger partial charge in [-0.25, -0.2) is 0 Å². The lowest BCUT2D eigenvalue weighted by molar-refractivity contribution is 0.339. The molecule has 0 bridgehead atoms. The fourth-order valence-corrected chi connectivity index (χ4v) is 3.46. The quantitative estimate of drug-likeness (QED) is 0.627. The first kappa shape index (κ1) is 14.4. The molecule has 0 aromatic heterocycles. The van der Waals surface area contributed by atoms with Crippen molar-refractivity contribution in [2.24, 2.45) is 5.92 Å². The van der Waals surface area contributed by atoms with Crippen LogP contribution in [0.5, 0.6) is 0 Å². The van der Waals surface area contributed by atoms with Crippen molar-refractivity contribution in [1.29, 1.82) is 0 Å². The van der Waals surface area contributed by atoms with Gasteiger partial charge in [-0.3, -0.25) is 0 Å². The van der Waals surface area contributed by atoms with Crippen LogP contribution < -0.4 is 0 Å². The van der Waals surface area contributed by atoms with Crippen molar-refractivity contribution in [2.75, 3.05) is 0 Å². The zero-order valence-corrected chi connectivity index (χ0v) is 13.1. The van der Waals surface area contributed by atoms with Gasteiger partial charge in [0.1, 0.15) is 0 Å². The number of rotatable bonds is 4. The molecule has 2 aromatic carbocycles. The maximum absolute atomic E-state index is 2.32. The summed E-state index contributed by atoms with van der Waals surface area (Å²) in [6, 6.07) is 18.0. The van der Waals surface area contributed by atoms with Crippen LogP contribution in [-0.4, -0.2) is 0 Å². The number of hydrogen-bond acceptors (Lipinski definition) is 0. The van der Waals surface area contributed by atoms with Crippen LogP contribution in [0.1, 0.15) is 49.7 Å². The largest absolute Gasteiger partial charge is 0.0587 e. The summed E-state index contributed by atoms with van der Waals surface area (Å²) in [7, 11) is 0. The predicted molar refractivity (Wildman–Crippen MR) is 91.5 cm³/mol. The molecule has 1 aliphatic rings. The monoisotopic (exact) mass is 278 g/mol. The highest BCUT2D eigenvalue weighted by Crippen LogP contribution is 2.28. The van der Waals surface area contributed by atoms with Gasteiger partial charge in [0.25, 0.3) is 0 Å². The lowest BCUT2D eigenvalue weighted by Crippen LogP contribution is -2.07. The van der Waals surface area contributed by atoms with Gasteiger partial charge in [0.2, 0.25) is 0 Å². The Morgan fingerprint density at radius 3 is 1.95 bits per heavy atom. The zero-order chi connectivity index (χ0) is 14.5. The predicted octanol–water partition coefficient (Wildman–Crippen LogP) is 6.17. The van der Waals surface area contributed by atoms with Crippen molar-refractivity contribution >= 4 is 0 Å². The molecule has 1 saturated carbocycles. The highest BCUT2D eigenvalue weighted by atomic mass is 14.2. The second kappa shape index (κ2) is 6.93. The van der Waals surface area contributed by atoms with Gasteiger partial charge >= 0.3 is 0 Å². The molecule has 0 unspecified atom stereocenters. The van der Waals surface area contributed by atoms with Gasteiger partial charge in [0.05, 0.1) is 0 Å². The van der Waals surface area contributed by atoms with E-state index in [9.17, 15) is 0 Å². The lowest BCUT2D eigenvalue weighted by Gasteiger charge is -2.21. The Balaban J connectivity index is 1.59. The van der Waals surface area contributed by atoms with Crippen LogP contribution >= 0.6 is 0 Å². The summed E-state index contributed by atoms with van der Waals surface area (Å²) in [5.41, 5.74) is 5.47. The molecule has 0 radical (unpaired) electrons. The molecule has 0 atom stereocenters. The van der Waals surface area contributed by atoms with Crippen molar-refractivity contribution in [1.82, 2.24) is 0 Å². The Labute approximate surface area is 129 Å². The van der Waals surface area contributed by atoms with Gasteiger partial charge in [0.15, 0.2) is 0 Å². The molecule has 3 rings (SSSR count). The first-order valence-corrected chi connectivity index (χ1v) is 8.47. The first-order chi connectivity index (χ1) is 10.3. The summed E-state index contributed by atoms with van der Waals surface area (Å²) in [5.74, 6) is 0.982. The molecule has 0 saturated heterocycles. The second-order valence-electron chi connectivity index (χ2n) is 6.61. The highest BCUT2D eigenvalue weighted by molar-refractivity contribution is 5.63. The summed E-state index contributed by atoms with van der Waals surface area (Å²) in [4.78, 5) is 0. The minimum absolute atomic E-state index is 0.982. The summed E-state index contributed by atoms with van der Waals surface area (Å²) < 4.78 is 0. The van der Waals surface area contributed by atoms with Crippen LogP contribution in [0.3, 0.4) is 0 Å². The van der Waals surface area contributed by atoms with E-state index in [1.807, 2.05) is 0 Å². The van der Waals surface area contributed by atoms with Crippen LogP contribution in [0.15, 0.2) is 48.5 Å². The zero-order valence-electron chi connectivity index (χ0n) is 13.1. The molecule has 0 amide bonds. The van der Waals surface area contributed by atoms with E-state index in [0.29, 0.717) is 0 Å². The van der Waals surface area contributed by atoms with E-state index >= 15 is 0 Å². The van der Waals surface area contributed by atoms with Gasteiger partial charge < -0.3 is 0 Å². The van der Waals surface area contributed by atoms with Crippen molar-refractivity contribution in [3.05, 3.63) is 59.7 Å². The standard InChI is InChI=1S/C21H26/c1-17-7-13-20(14-8-17)21-15-11-19(12-16-21)10-9-18-5-3-2-4-6-18/h7-8,11-16,18H,2-6,9-10H2,1H3. The number of hydrogen-bond donors (Lipinski definition) is 0. The van der Waals surface area contributed by atoms with E-state index in [0.717, 1.165) is 5.92 Å². The summed E-state index contributed by atoms with van der Waals surface area (Å²) >= 11 is 0. The Bertz CT molecular complexity index is 542. The molecule has 0 nitrogen and oxygen atoms in total. The summed E-state index contributed by atoms with van der Waals surface area (Å²) in [5, 5.41) is 0. The van der Waals surface area contributed by atoms with Crippen LogP contribution in [-0.2, 0) is 6.42 Å². The van der Waals surface area contributed by atoms with E-state index in [2.05, 4.69) is 55.5 Å². The topological polar surface area (TPSA) is 0 Å². The molecule has 110 valence electrons. The third-order valence-electron chi connectivity index (χ3n) is 4.90. The molecule has 0 heteroatoms. The Morgan fingerprint density at radius 1 is 0.762 bits per heavy atom. The molecule has 1 aliphatic carbocycles. The molecular weight excluding hydrogens is 252 g/mol. The molecule has 0 aliphatic heterocycles. The lowest BCUT2D eigenvalue weighted by atomic mass is 9.85. The van der Waals surface area contributed by atoms with E-state index in [1.165, 1.54) is 67.2 Å². The maximum atomic E-state index is 2.32. The van der Waals surface area contributed by atoms with Gasteiger partial charge in [-0.05, 0) is 42.4 Å². The van der Waals surface area contributed by atoms with E-state index in [4.69, 9.17) is 0 Å². The van der Waals surface area contributed by atoms with E-state index in [1.54, 1.807) is 0 Å². The molecule has 0 spiro atoms. The van der Waals surface area contributed by atoms with E-state index < -0.39 is 0 Å². The van der Waals surface area contributed by atoms with Crippen molar-refractivity contribution in [2.45, 2.75) is 51.9 Å². The highest BCUT2D eigenvalue weighted by Gasteiger charge is 2.12. The molecule has 1 fully saturated rings. The van der Waals surface area contributed by atoms with Crippen molar-refractivity contribution in [3.8, 4) is 11.1 Å². The number of aryl methyl sites for hydroxylation is 2. The SMILES string of the molecule is Cc1ccc(-c2ccc(CCC3CCCCC3)cc2)cc1. The minimum atomic E-state index is 0.982. The third-order valence-corrected chi connectivity index (χ3v) is 4.90. The smallest absolute Gasteiger partial charge is 0.0184 e. The normalized spacial score (nSPS) is 16.0. The van der Waals surface area contributed by atoms with Crippen LogP contribution in [0.4, 0.5) is 0 Å². The van der Waals surface area contributed by atoms with Crippen LogP contribution in [0.2, 0.25) is 0 Å². The van der Waals surface area contributed by atoms with Crippen molar-refractivity contribution in [3.63, 3.8) is 0 Å². The molecular formula is C21H26. The van der Waals surface area contributed by atoms with Gasteiger partial charge in [-0.1, -0.05) is 86.2 Å². The minimum Gasteiger partial charge on any atom is -0.0587 e. The first-order valence-electron chi connectivity index (χ1n) is 8.47. The molecule has 0 N–H and O–H groups in total. The van der Waals surface area contributed by atoms with Crippen molar-refractivity contribution < 1.29 is 0 Å². The second-order valence-corrected chi connectivity index (χ2v) is 6.61. The Kier molecular flexibility index (Phi) is 4.75. The third kappa shape index (κ3) is 3.97. The summed E-state index contributed by atoms with van der Waals surface area (Å²) in [6.45, 7) is 2.14. The fraction of sp³-hybridized carbons (Fsp3) is 0.429. The number of benzene rings is 2. The average molecular weight is 278 g/mol. The van der Waals surface area contributed by atoms with Gasteiger partial charge in [-0.15, -0.1) is 0 Å². The maximum Gasteiger partial charge on any atom is -0.0184 e. The molecule has 21 heavy (non-hydrogen) atoms. The van der Waals surface area contributed by atoms with Gasteiger partial charge in [-0.2, -0.15) is 0 Å². The summed E-state index contributed by atoms with van der Waals surface area (Å²) in [6.07, 6.45) is 9.92. The molecule has 2 aromatic rings. The van der Waals surface area contributed by atoms with E-state index in [-0.39, 0.29) is 0 Å². The van der Waals surface area contributed by atoms with Gasteiger partial charge in [0, 0.05) is 0 Å². The fourth-order valence-electron chi connectivity index (χ4n) is 3.46.